The topological polar surface area (TPSA) is 90.7 Å². The van der Waals surface area contributed by atoms with E-state index in [1.54, 1.807) is 29.7 Å². The summed E-state index contributed by atoms with van der Waals surface area (Å²) in [6.45, 7) is 4.79. The van der Waals surface area contributed by atoms with Crippen molar-refractivity contribution in [1.82, 2.24) is 9.55 Å². The summed E-state index contributed by atoms with van der Waals surface area (Å²) in [7, 11) is 0. The third-order valence-corrected chi connectivity index (χ3v) is 5.04. The van der Waals surface area contributed by atoms with E-state index in [1.807, 2.05) is 49.4 Å². The molecular weight excluding hydrogens is 415 g/mol. The van der Waals surface area contributed by atoms with Gasteiger partial charge in [0.25, 0.3) is 5.56 Å². The Morgan fingerprint density at radius 1 is 1.12 bits per heavy atom. The minimum atomic E-state index is -0.976. The van der Waals surface area contributed by atoms with Crippen molar-refractivity contribution < 1.29 is 39.7 Å². The van der Waals surface area contributed by atoms with Crippen molar-refractivity contribution in [3.05, 3.63) is 82.4 Å². The van der Waals surface area contributed by atoms with E-state index in [9.17, 15) is 14.7 Å². The van der Waals surface area contributed by atoms with E-state index in [2.05, 4.69) is 4.98 Å². The Labute approximate surface area is 207 Å². The zero-order valence-electron chi connectivity index (χ0n) is 20.4. The van der Waals surface area contributed by atoms with Crippen LogP contribution in [0.1, 0.15) is 26.7 Å². The number of carboxylic acids is 1. The molecule has 3 rings (SSSR count). The first-order valence-corrected chi connectivity index (χ1v) is 10.7. The van der Waals surface area contributed by atoms with Crippen molar-refractivity contribution >= 4 is 5.97 Å². The molecule has 2 aromatic carbocycles. The van der Waals surface area contributed by atoms with Gasteiger partial charge in [-0.2, -0.15) is 0 Å². The Kier molecular flexibility index (Phi) is 10.4. The van der Waals surface area contributed by atoms with Gasteiger partial charge in [-0.15, -0.1) is 0 Å². The number of ether oxygens (including phenoxy) is 2. The zero-order valence-corrected chi connectivity index (χ0v) is 19.4. The second-order valence-electron chi connectivity index (χ2n) is 7.25. The minimum Gasteiger partial charge on any atom is -1.00 e. The SMILES string of the molecule is CCOC(Cc1ccc(OCCn2c(CC)nc(-c3ccccc3)cc2=O)cc1)C(=O)O.[H-].[Li+]. The smallest absolute Gasteiger partial charge is 1.00 e. The van der Waals surface area contributed by atoms with Crippen LogP contribution < -0.4 is 29.2 Å². The molecule has 7 nitrogen and oxygen atoms in total. The summed E-state index contributed by atoms with van der Waals surface area (Å²) in [6, 6.07) is 18.4. The molecule has 3 aromatic rings. The monoisotopic (exact) mass is 444 g/mol. The molecule has 8 heteroatoms. The van der Waals surface area contributed by atoms with Crippen LogP contribution in [0.4, 0.5) is 0 Å². The normalized spacial score (nSPS) is 11.5. The molecule has 0 fully saturated rings. The molecule has 0 saturated heterocycles. The predicted octanol–water partition coefficient (Wildman–Crippen LogP) is 0.700. The number of hydrogen-bond donors (Lipinski definition) is 1. The maximum absolute atomic E-state index is 12.7. The standard InChI is InChI=1S/C25H28N2O5.Li.H/c1-3-23-26-21(19-8-6-5-7-9-19)17-24(28)27(23)14-15-32-20-12-10-18(11-13-20)16-22(25(29)30)31-4-2;;/h5-13,17,22H,3-4,14-16H2,1-2H3,(H,29,30);;/q;+1;-1. The van der Waals surface area contributed by atoms with Gasteiger partial charge < -0.3 is 16.0 Å². The maximum Gasteiger partial charge on any atom is 1.00 e. The average molecular weight is 444 g/mol. The van der Waals surface area contributed by atoms with Crippen LogP contribution in [0.15, 0.2) is 65.5 Å². The summed E-state index contributed by atoms with van der Waals surface area (Å²) >= 11 is 0. The zero-order chi connectivity index (χ0) is 22.9. The van der Waals surface area contributed by atoms with Crippen LogP contribution in [0.5, 0.6) is 5.75 Å². The van der Waals surface area contributed by atoms with Crippen LogP contribution in [-0.4, -0.2) is 39.9 Å². The molecule has 0 radical (unpaired) electrons. The summed E-state index contributed by atoms with van der Waals surface area (Å²) < 4.78 is 12.7. The fourth-order valence-corrected chi connectivity index (χ4v) is 3.43. The fourth-order valence-electron chi connectivity index (χ4n) is 3.43. The Morgan fingerprint density at radius 3 is 2.42 bits per heavy atom. The third-order valence-electron chi connectivity index (χ3n) is 5.04. The van der Waals surface area contributed by atoms with E-state index in [0.29, 0.717) is 43.4 Å². The summed E-state index contributed by atoms with van der Waals surface area (Å²) in [5, 5.41) is 9.21. The van der Waals surface area contributed by atoms with Crippen LogP contribution >= 0.6 is 0 Å². The molecule has 1 atom stereocenters. The molecule has 1 N–H and O–H groups in total. The van der Waals surface area contributed by atoms with E-state index >= 15 is 0 Å². The number of benzene rings is 2. The summed E-state index contributed by atoms with van der Waals surface area (Å²) in [4.78, 5) is 28.6. The van der Waals surface area contributed by atoms with Crippen LogP contribution in [0, 0.1) is 0 Å². The second kappa shape index (κ2) is 13.0. The summed E-state index contributed by atoms with van der Waals surface area (Å²) in [5.41, 5.74) is 2.33. The van der Waals surface area contributed by atoms with Gasteiger partial charge in [-0.25, -0.2) is 9.78 Å². The van der Waals surface area contributed by atoms with E-state index in [1.165, 1.54) is 0 Å². The average Bonchev–Trinajstić information content (AvgIpc) is 2.81. The molecule has 0 saturated carbocycles. The van der Waals surface area contributed by atoms with Crippen LogP contribution in [0.3, 0.4) is 0 Å². The van der Waals surface area contributed by atoms with Gasteiger partial charge in [0.05, 0.1) is 12.2 Å². The number of aryl methyl sites for hydroxylation is 1. The number of hydrogen-bond acceptors (Lipinski definition) is 5. The molecule has 0 spiro atoms. The summed E-state index contributed by atoms with van der Waals surface area (Å²) in [6.07, 6.45) is 0.0605. The number of carbonyl (C=O) groups is 1. The Balaban J connectivity index is 0.00000289. The van der Waals surface area contributed by atoms with Gasteiger partial charge in [-0.3, -0.25) is 9.36 Å². The quantitative estimate of drug-likeness (QED) is 0.438. The Bertz CT molecular complexity index is 1090. The molecule has 0 bridgehead atoms. The molecule has 1 unspecified atom stereocenters. The van der Waals surface area contributed by atoms with E-state index < -0.39 is 12.1 Å². The van der Waals surface area contributed by atoms with Crippen LogP contribution in [-0.2, 0) is 28.9 Å². The first-order valence-electron chi connectivity index (χ1n) is 10.7. The van der Waals surface area contributed by atoms with Crippen molar-refractivity contribution in [2.45, 2.75) is 39.3 Å². The minimum absolute atomic E-state index is 0. The molecule has 0 aliphatic rings. The van der Waals surface area contributed by atoms with Crippen molar-refractivity contribution in [2.24, 2.45) is 0 Å². The molecular formula is C25H29LiN2O5. The number of rotatable bonds is 11. The number of nitrogens with zero attached hydrogens (tertiary/aromatic N) is 2. The Morgan fingerprint density at radius 2 is 1.82 bits per heavy atom. The molecule has 170 valence electrons. The van der Waals surface area contributed by atoms with E-state index in [0.717, 1.165) is 11.1 Å². The largest absolute Gasteiger partial charge is 1.00 e. The van der Waals surface area contributed by atoms with Crippen LogP contribution in [0.2, 0.25) is 0 Å². The number of carboxylic acid groups (broad SMARTS) is 1. The van der Waals surface area contributed by atoms with Crippen molar-refractivity contribution in [1.29, 1.82) is 0 Å². The van der Waals surface area contributed by atoms with E-state index in [4.69, 9.17) is 9.47 Å². The first-order chi connectivity index (χ1) is 15.5. The molecule has 1 aromatic heterocycles. The maximum atomic E-state index is 12.7. The van der Waals surface area contributed by atoms with Gasteiger partial charge in [-0.1, -0.05) is 49.4 Å². The second-order valence-corrected chi connectivity index (χ2v) is 7.25. The molecule has 0 aliphatic carbocycles. The fraction of sp³-hybridized carbons (Fsp3) is 0.320. The van der Waals surface area contributed by atoms with Crippen molar-refractivity contribution in [3.63, 3.8) is 0 Å². The van der Waals surface area contributed by atoms with Gasteiger partial charge >= 0.3 is 24.8 Å². The number of aliphatic carboxylic acids is 1. The molecule has 1 heterocycles. The van der Waals surface area contributed by atoms with Gasteiger partial charge in [0.1, 0.15) is 18.2 Å². The van der Waals surface area contributed by atoms with Gasteiger partial charge in [0.15, 0.2) is 6.10 Å². The molecule has 0 amide bonds. The summed E-state index contributed by atoms with van der Waals surface area (Å²) in [5.74, 6) is 0.388. The van der Waals surface area contributed by atoms with E-state index in [-0.39, 0.29) is 32.3 Å². The molecule has 33 heavy (non-hydrogen) atoms. The van der Waals surface area contributed by atoms with Crippen molar-refractivity contribution in [2.75, 3.05) is 13.2 Å². The van der Waals surface area contributed by atoms with Crippen LogP contribution in [0.25, 0.3) is 11.3 Å². The van der Waals surface area contributed by atoms with Gasteiger partial charge in [-0.05, 0) is 24.6 Å². The van der Waals surface area contributed by atoms with Crippen molar-refractivity contribution in [3.8, 4) is 17.0 Å². The van der Waals surface area contributed by atoms with Gasteiger partial charge in [0.2, 0.25) is 0 Å². The third kappa shape index (κ3) is 7.33. The van der Waals surface area contributed by atoms with Gasteiger partial charge in [0, 0.05) is 31.1 Å². The Hall–Kier alpha value is -2.85. The number of aromatic nitrogens is 2. The first kappa shape index (κ1) is 26.4. The predicted molar refractivity (Wildman–Crippen MR) is 123 cm³/mol. The molecule has 0 aliphatic heterocycles.